The Balaban J connectivity index is 0.000000171. The molecule has 10 rings (SSSR count). The van der Waals surface area contributed by atoms with E-state index in [1.54, 1.807) is 0 Å². The lowest BCUT2D eigenvalue weighted by molar-refractivity contribution is 0.154. The van der Waals surface area contributed by atoms with Crippen LogP contribution in [0.5, 0.6) is 0 Å². The smallest absolute Gasteiger partial charge is 0.0826 e. The molecule has 0 fully saturated rings. The van der Waals surface area contributed by atoms with Gasteiger partial charge in [0.1, 0.15) is 0 Å². The summed E-state index contributed by atoms with van der Waals surface area (Å²) in [6.07, 6.45) is 19.5. The minimum absolute atomic E-state index is 0. The fourth-order valence-corrected chi connectivity index (χ4v) is 11.5. The number of fused-ring (bicyclic) bond motifs is 5. The third-order valence-electron chi connectivity index (χ3n) is 15.7. The van der Waals surface area contributed by atoms with E-state index < -0.39 is 0 Å². The van der Waals surface area contributed by atoms with Crippen molar-refractivity contribution in [1.29, 1.82) is 0 Å². The number of hydrogen-bond acceptors (Lipinski definition) is 10. The molecule has 0 spiro atoms. The highest BCUT2D eigenvalue weighted by Crippen LogP contribution is 2.38. The zero-order chi connectivity index (χ0) is 53.1. The number of aliphatic hydroxyl groups is 2. The van der Waals surface area contributed by atoms with Gasteiger partial charge in [0, 0.05) is 73.5 Å². The Morgan fingerprint density at radius 3 is 1.31 bits per heavy atom. The fraction of sp³-hybridized carbons (Fsp3) is 0.594. The van der Waals surface area contributed by atoms with Crippen molar-refractivity contribution in [3.63, 3.8) is 0 Å². The first-order chi connectivity index (χ1) is 34.9. The Morgan fingerprint density at radius 2 is 0.838 bits per heavy atom. The van der Waals surface area contributed by atoms with Gasteiger partial charge >= 0.3 is 0 Å². The van der Waals surface area contributed by atoms with Gasteiger partial charge in [-0.15, -0.1) is 0 Å². The number of nitrogens with one attached hydrogen (secondary N) is 4. The molecule has 74 heavy (non-hydrogen) atoms. The van der Waals surface area contributed by atoms with Crippen LogP contribution in [0, 0.1) is 27.7 Å². The Hall–Kier alpha value is -5.06. The van der Waals surface area contributed by atoms with E-state index in [0.29, 0.717) is 29.6 Å². The maximum absolute atomic E-state index is 10.0. The zero-order valence-electron chi connectivity index (χ0n) is 47.8. The summed E-state index contributed by atoms with van der Waals surface area (Å²) in [6.45, 7) is 37.2. The van der Waals surface area contributed by atoms with Gasteiger partial charge in [0.2, 0.25) is 0 Å². The molecule has 10 nitrogen and oxygen atoms in total. The van der Waals surface area contributed by atoms with Crippen LogP contribution in [0.4, 0.5) is 22.7 Å². The predicted octanol–water partition coefficient (Wildman–Crippen LogP) is 15.4. The van der Waals surface area contributed by atoms with E-state index in [9.17, 15) is 10.2 Å². The van der Waals surface area contributed by atoms with Crippen LogP contribution >= 0.6 is 0 Å². The number of aliphatic hydroxyl groups excluding tert-OH is 2. The van der Waals surface area contributed by atoms with Crippen LogP contribution in [0.2, 0.25) is 0 Å². The van der Waals surface area contributed by atoms with Gasteiger partial charge in [-0.25, -0.2) is 0 Å². The number of rotatable bonds is 6. The van der Waals surface area contributed by atoms with Crippen molar-refractivity contribution in [1.82, 2.24) is 19.9 Å². The van der Waals surface area contributed by atoms with Crippen molar-refractivity contribution in [2.24, 2.45) is 0 Å². The summed E-state index contributed by atoms with van der Waals surface area (Å²) < 4.78 is 0. The van der Waals surface area contributed by atoms with Gasteiger partial charge in [0.15, 0.2) is 0 Å². The lowest BCUT2D eigenvalue weighted by atomic mass is 9.86. The third-order valence-corrected chi connectivity index (χ3v) is 15.7. The van der Waals surface area contributed by atoms with Crippen molar-refractivity contribution in [2.75, 3.05) is 47.4 Å². The van der Waals surface area contributed by atoms with E-state index in [2.05, 4.69) is 163 Å². The molecule has 4 aromatic heterocycles. The summed E-state index contributed by atoms with van der Waals surface area (Å²) >= 11 is 0. The van der Waals surface area contributed by atoms with Crippen molar-refractivity contribution < 1.29 is 10.2 Å². The summed E-state index contributed by atoms with van der Waals surface area (Å²) in [5.74, 6) is 2.72. The molecule has 10 heteroatoms. The first kappa shape index (κ1) is 59.8. The average molecular weight is 1010 g/mol. The SMILES string of the molecule is C.CCc1c(C(C)C)cnc2c1NCCC2.Cc1c(C(C)C)ccc2c1NCCC2O.Cc1c(C(C)C)cnc2c1C(O)CCC2.Cc1c(C(C)C)cnc2c1NCCC2.Cc1c(C(C)C)cnc2c1NCCC2. The minimum Gasteiger partial charge on any atom is -0.388 e. The topological polar surface area (TPSA) is 140 Å². The largest absolute Gasteiger partial charge is 0.388 e. The molecular formula is C64H98N8O2. The van der Waals surface area contributed by atoms with Crippen LogP contribution in [0.1, 0.15) is 253 Å². The van der Waals surface area contributed by atoms with E-state index in [4.69, 9.17) is 0 Å². The Bertz CT molecular complexity index is 2550. The molecule has 4 aliphatic heterocycles. The van der Waals surface area contributed by atoms with Crippen LogP contribution in [-0.4, -0.2) is 56.3 Å². The van der Waals surface area contributed by atoms with Crippen LogP contribution in [0.3, 0.4) is 0 Å². The number of benzene rings is 1. The number of pyridine rings is 4. The van der Waals surface area contributed by atoms with Gasteiger partial charge in [0.25, 0.3) is 0 Å². The maximum Gasteiger partial charge on any atom is 0.0826 e. The maximum atomic E-state index is 10.0. The van der Waals surface area contributed by atoms with Gasteiger partial charge < -0.3 is 31.5 Å². The second-order valence-corrected chi connectivity index (χ2v) is 22.6. The fourth-order valence-electron chi connectivity index (χ4n) is 11.5. The summed E-state index contributed by atoms with van der Waals surface area (Å²) in [6, 6.07) is 4.21. The van der Waals surface area contributed by atoms with Gasteiger partial charge in [0.05, 0.1) is 46.4 Å². The second-order valence-electron chi connectivity index (χ2n) is 22.6. The summed E-state index contributed by atoms with van der Waals surface area (Å²) in [5, 5.41) is 33.7. The van der Waals surface area contributed by atoms with Crippen LogP contribution in [0.25, 0.3) is 0 Å². The molecule has 0 bridgehead atoms. The minimum atomic E-state index is -0.292. The van der Waals surface area contributed by atoms with Crippen molar-refractivity contribution in [3.05, 3.63) is 126 Å². The van der Waals surface area contributed by atoms with Crippen LogP contribution in [-0.2, 0) is 32.1 Å². The molecule has 2 unspecified atom stereocenters. The van der Waals surface area contributed by atoms with Crippen molar-refractivity contribution >= 4 is 22.7 Å². The van der Waals surface area contributed by atoms with E-state index in [1.165, 1.54) is 109 Å². The number of aromatic nitrogens is 4. The van der Waals surface area contributed by atoms with E-state index in [0.717, 1.165) is 100 Å². The lowest BCUT2D eigenvalue weighted by Gasteiger charge is -2.26. The van der Waals surface area contributed by atoms with Gasteiger partial charge in [-0.3, -0.25) is 19.9 Å². The molecule has 0 amide bonds. The van der Waals surface area contributed by atoms with Gasteiger partial charge in [-0.1, -0.05) is 95.7 Å². The first-order valence-corrected chi connectivity index (χ1v) is 28.3. The molecule has 406 valence electrons. The highest BCUT2D eigenvalue weighted by molar-refractivity contribution is 5.63. The van der Waals surface area contributed by atoms with Crippen LogP contribution < -0.4 is 21.3 Å². The molecule has 0 saturated heterocycles. The average Bonchev–Trinajstić information content (AvgIpc) is 3.37. The summed E-state index contributed by atoms with van der Waals surface area (Å²) in [7, 11) is 0. The molecule has 1 aliphatic carbocycles. The number of nitrogens with zero attached hydrogens (tertiary/aromatic N) is 4. The molecule has 0 radical (unpaired) electrons. The molecule has 0 saturated carbocycles. The highest BCUT2D eigenvalue weighted by atomic mass is 16.3. The Labute approximate surface area is 448 Å². The number of aryl methyl sites for hydroxylation is 4. The number of anilines is 4. The molecular weight excluding hydrogens is 913 g/mol. The molecule has 6 N–H and O–H groups in total. The molecule has 8 heterocycles. The molecule has 5 aliphatic rings. The second kappa shape index (κ2) is 27.6. The first-order valence-electron chi connectivity index (χ1n) is 28.3. The Morgan fingerprint density at radius 1 is 0.446 bits per heavy atom. The quantitative estimate of drug-likeness (QED) is 0.0974. The van der Waals surface area contributed by atoms with E-state index in [1.807, 2.05) is 18.6 Å². The van der Waals surface area contributed by atoms with E-state index >= 15 is 0 Å². The molecule has 5 aromatic rings. The van der Waals surface area contributed by atoms with Gasteiger partial charge in [-0.05, 0) is 184 Å². The summed E-state index contributed by atoms with van der Waals surface area (Å²) in [5.41, 5.74) is 25.7. The van der Waals surface area contributed by atoms with Crippen molar-refractivity contribution in [2.45, 2.75) is 224 Å². The van der Waals surface area contributed by atoms with Gasteiger partial charge in [-0.2, -0.15) is 0 Å². The molecule has 2 atom stereocenters. The highest BCUT2D eigenvalue weighted by Gasteiger charge is 2.25. The standard InChI is InChI=1S/C13H20N2.2C13H19NO.2C12H18N2.CH4/c1-4-10-11(9(2)3)8-15-12-6-5-7-14-13(10)12;1-8(2)10-4-5-11-12(15)6-7-14-13(11)9(10)3;1-8(2)10-7-14-11-5-4-6-12(15)13(11)9(10)3;2*1-8(2)10-7-14-11-5-4-6-13-12(11)9(10)3;/h8-9,14H,4-7H2,1-3H3;4-5,8,12,14-15H,6-7H2,1-3H3;7-8,12,15H,4-6H2,1-3H3;2*7-8,13H,4-6H2,1-3H3;1H4. The molecule has 1 aromatic carbocycles. The number of hydrogen-bond donors (Lipinski definition) is 6. The zero-order valence-corrected chi connectivity index (χ0v) is 47.8. The van der Waals surface area contributed by atoms with E-state index in [-0.39, 0.29) is 19.6 Å². The monoisotopic (exact) mass is 1010 g/mol. The Kier molecular flexibility index (Phi) is 22.3. The lowest BCUT2D eigenvalue weighted by Crippen LogP contribution is -2.18. The third kappa shape index (κ3) is 14.2. The van der Waals surface area contributed by atoms with Crippen molar-refractivity contribution in [3.8, 4) is 0 Å². The normalized spacial score (nSPS) is 16.9. The summed E-state index contributed by atoms with van der Waals surface area (Å²) in [4.78, 5) is 18.2. The van der Waals surface area contributed by atoms with Crippen LogP contribution in [0.15, 0.2) is 36.9 Å². The predicted molar refractivity (Wildman–Crippen MR) is 315 cm³/mol.